The Labute approximate surface area is 255 Å². The zero-order chi connectivity index (χ0) is 31.2. The predicted molar refractivity (Wildman–Crippen MR) is 165 cm³/mol. The van der Waals surface area contributed by atoms with Crippen molar-refractivity contribution < 1.29 is 23.9 Å². The summed E-state index contributed by atoms with van der Waals surface area (Å²) in [6.07, 6.45) is 5.56. The molecular weight excluding hydrogens is 564 g/mol. The lowest BCUT2D eigenvalue weighted by atomic mass is 9.73. The van der Waals surface area contributed by atoms with Gasteiger partial charge in [-0.1, -0.05) is 12.1 Å². The number of amides is 3. The SMILES string of the molecule is Cn1c(=O)n(C2CCC(=O)NC2=O)c2cccc(N3CCC4(CC[C@@H](c5ccc(NC(=O)OC(C)(C)C)nc5)OC4)CC3)c21. The zero-order valence-electron chi connectivity index (χ0n) is 25.7. The van der Waals surface area contributed by atoms with Gasteiger partial charge in [0.25, 0.3) is 0 Å². The van der Waals surface area contributed by atoms with E-state index in [2.05, 4.69) is 20.5 Å². The van der Waals surface area contributed by atoms with Crippen molar-refractivity contribution in [3.05, 3.63) is 52.6 Å². The number of ether oxygens (including phenoxy) is 2. The van der Waals surface area contributed by atoms with Gasteiger partial charge in [-0.25, -0.2) is 14.6 Å². The number of aromatic nitrogens is 3. The molecule has 3 aliphatic heterocycles. The molecule has 0 radical (unpaired) electrons. The molecule has 0 saturated carbocycles. The summed E-state index contributed by atoms with van der Waals surface area (Å²) in [7, 11) is 1.74. The number of rotatable bonds is 4. The monoisotopic (exact) mass is 604 g/mol. The average molecular weight is 605 g/mol. The molecule has 3 aromatic rings. The number of anilines is 2. The maximum Gasteiger partial charge on any atom is 0.413 e. The quantitative estimate of drug-likeness (QED) is 0.423. The number of imidazole rings is 1. The summed E-state index contributed by atoms with van der Waals surface area (Å²) in [5.74, 6) is -0.300. The van der Waals surface area contributed by atoms with Crippen LogP contribution in [0.4, 0.5) is 16.3 Å². The van der Waals surface area contributed by atoms with Gasteiger partial charge in [-0.3, -0.25) is 29.4 Å². The van der Waals surface area contributed by atoms with Gasteiger partial charge in [-0.05, 0) is 82.1 Å². The van der Waals surface area contributed by atoms with E-state index in [1.165, 1.54) is 4.57 Å². The Bertz CT molecular complexity index is 1630. The van der Waals surface area contributed by atoms with E-state index in [-0.39, 0.29) is 29.5 Å². The van der Waals surface area contributed by atoms with Crippen LogP contribution in [0.15, 0.2) is 41.3 Å². The second-order valence-corrected chi connectivity index (χ2v) is 13.3. The Hall–Kier alpha value is -4.19. The maximum atomic E-state index is 13.4. The van der Waals surface area contributed by atoms with Crippen LogP contribution >= 0.6 is 0 Å². The van der Waals surface area contributed by atoms with Crippen LogP contribution in [0.2, 0.25) is 0 Å². The summed E-state index contributed by atoms with van der Waals surface area (Å²) in [6.45, 7) is 7.77. The molecule has 3 saturated heterocycles. The number of aryl methyl sites for hydroxylation is 1. The topological polar surface area (TPSA) is 137 Å². The first-order valence-corrected chi connectivity index (χ1v) is 15.3. The van der Waals surface area contributed by atoms with Gasteiger partial charge < -0.3 is 14.4 Å². The Morgan fingerprint density at radius 3 is 2.50 bits per heavy atom. The summed E-state index contributed by atoms with van der Waals surface area (Å²) in [6, 6.07) is 8.85. The summed E-state index contributed by atoms with van der Waals surface area (Å²) in [5.41, 5.74) is 2.72. The number of carbonyl (C=O) groups excluding carboxylic acids is 3. The number of benzene rings is 1. The fourth-order valence-electron chi connectivity index (χ4n) is 6.73. The van der Waals surface area contributed by atoms with Crippen molar-refractivity contribution in [2.45, 2.75) is 77.0 Å². The summed E-state index contributed by atoms with van der Waals surface area (Å²) in [5, 5.41) is 5.04. The first-order valence-electron chi connectivity index (χ1n) is 15.3. The van der Waals surface area contributed by atoms with Crippen molar-refractivity contribution in [1.82, 2.24) is 19.4 Å². The molecule has 2 N–H and O–H groups in total. The van der Waals surface area contributed by atoms with Gasteiger partial charge in [0, 0.05) is 32.8 Å². The fourth-order valence-corrected chi connectivity index (χ4v) is 6.73. The number of pyridine rings is 1. The molecule has 0 bridgehead atoms. The van der Waals surface area contributed by atoms with Crippen molar-refractivity contribution in [3.63, 3.8) is 0 Å². The highest BCUT2D eigenvalue weighted by Gasteiger charge is 2.40. The second-order valence-electron chi connectivity index (χ2n) is 13.3. The normalized spacial score (nSPS) is 22.2. The first-order chi connectivity index (χ1) is 20.9. The van der Waals surface area contributed by atoms with E-state index in [9.17, 15) is 19.2 Å². The highest BCUT2D eigenvalue weighted by atomic mass is 16.6. The molecule has 0 aliphatic carbocycles. The van der Waals surface area contributed by atoms with Gasteiger partial charge in [-0.2, -0.15) is 0 Å². The number of hydrogen-bond acceptors (Lipinski definition) is 8. The molecule has 2 aromatic heterocycles. The third kappa shape index (κ3) is 5.82. The standard InChI is InChI=1S/C32H40N6O6/c1-31(2,3)44-29(41)34-25-10-8-20(18-33-25)24-12-13-32(19-43-24)14-16-37(17-15-32)21-6-5-7-22-27(21)36(4)30(42)38(22)23-9-11-26(39)35-28(23)40/h5-8,10,18,23-24H,9,11-17,19H2,1-4H3,(H,33,34,41)(H,35,39,40)/t23?,24-/m0/s1. The van der Waals surface area contributed by atoms with E-state index in [0.29, 0.717) is 24.4 Å². The van der Waals surface area contributed by atoms with Crippen LogP contribution in [0.25, 0.3) is 11.0 Å². The second kappa shape index (κ2) is 11.4. The van der Waals surface area contributed by atoms with Gasteiger partial charge >= 0.3 is 11.8 Å². The lowest BCUT2D eigenvalue weighted by Gasteiger charge is -2.46. The van der Waals surface area contributed by atoms with E-state index in [1.807, 2.05) is 45.0 Å². The summed E-state index contributed by atoms with van der Waals surface area (Å²) < 4.78 is 14.8. The molecule has 3 amide bonds. The maximum absolute atomic E-state index is 13.4. The van der Waals surface area contributed by atoms with Crippen molar-refractivity contribution in [2.75, 3.05) is 29.9 Å². The number of nitrogens with one attached hydrogen (secondary N) is 2. The van der Waals surface area contributed by atoms with Gasteiger partial charge in [-0.15, -0.1) is 0 Å². The van der Waals surface area contributed by atoms with Gasteiger partial charge in [0.05, 0.1) is 29.4 Å². The van der Waals surface area contributed by atoms with Crippen LogP contribution in [0.1, 0.15) is 77.0 Å². The number of hydrogen-bond donors (Lipinski definition) is 2. The molecule has 44 heavy (non-hydrogen) atoms. The number of carbonyl (C=O) groups is 3. The molecule has 6 rings (SSSR count). The minimum Gasteiger partial charge on any atom is -0.444 e. The third-order valence-electron chi connectivity index (χ3n) is 9.08. The third-order valence-corrected chi connectivity index (χ3v) is 9.08. The van der Waals surface area contributed by atoms with Gasteiger partial charge in [0.15, 0.2) is 0 Å². The van der Waals surface area contributed by atoms with Crippen LogP contribution < -0.4 is 21.2 Å². The van der Waals surface area contributed by atoms with Crippen LogP contribution in [0.3, 0.4) is 0 Å². The molecule has 1 unspecified atom stereocenters. The van der Waals surface area contributed by atoms with E-state index >= 15 is 0 Å². The Kier molecular flexibility index (Phi) is 7.73. The molecule has 5 heterocycles. The van der Waals surface area contributed by atoms with Crippen molar-refractivity contribution in [3.8, 4) is 0 Å². The molecular formula is C32H40N6O6. The summed E-state index contributed by atoms with van der Waals surface area (Å²) in [4.78, 5) is 56.4. The molecule has 234 valence electrons. The predicted octanol–water partition coefficient (Wildman–Crippen LogP) is 4.20. The van der Waals surface area contributed by atoms with Crippen molar-refractivity contribution >= 4 is 40.4 Å². The van der Waals surface area contributed by atoms with E-state index in [1.54, 1.807) is 23.9 Å². The molecule has 1 spiro atoms. The number of imide groups is 1. The zero-order valence-corrected chi connectivity index (χ0v) is 25.7. The lowest BCUT2D eigenvalue weighted by molar-refractivity contribution is -0.135. The number of nitrogens with zero attached hydrogens (tertiary/aromatic N) is 4. The largest absolute Gasteiger partial charge is 0.444 e. The van der Waals surface area contributed by atoms with Gasteiger partial charge in [0.1, 0.15) is 17.5 Å². The average Bonchev–Trinajstić information content (AvgIpc) is 3.23. The molecule has 3 fully saturated rings. The first kappa shape index (κ1) is 29.9. The van der Waals surface area contributed by atoms with Crippen molar-refractivity contribution in [1.29, 1.82) is 0 Å². The summed E-state index contributed by atoms with van der Waals surface area (Å²) >= 11 is 0. The smallest absolute Gasteiger partial charge is 0.413 e. The minimum absolute atomic E-state index is 0.0444. The van der Waals surface area contributed by atoms with Crippen LogP contribution in [0, 0.1) is 5.41 Å². The molecule has 3 aliphatic rings. The molecule has 1 aromatic carbocycles. The number of para-hydroxylation sites is 1. The fraction of sp³-hybridized carbons (Fsp3) is 0.531. The van der Waals surface area contributed by atoms with E-state index < -0.39 is 23.6 Å². The van der Waals surface area contributed by atoms with Crippen LogP contribution in [-0.4, -0.2) is 57.3 Å². The number of fused-ring (bicyclic) bond motifs is 1. The van der Waals surface area contributed by atoms with Crippen molar-refractivity contribution in [2.24, 2.45) is 12.5 Å². The highest BCUT2D eigenvalue weighted by molar-refractivity contribution is 6.00. The Balaban J connectivity index is 1.10. The number of piperidine rings is 2. The minimum atomic E-state index is -0.705. The highest BCUT2D eigenvalue weighted by Crippen LogP contribution is 2.45. The molecule has 12 heteroatoms. The lowest BCUT2D eigenvalue weighted by Crippen LogP contribution is -2.44. The van der Waals surface area contributed by atoms with E-state index in [0.717, 1.165) is 55.5 Å². The Morgan fingerprint density at radius 2 is 1.86 bits per heavy atom. The molecule has 2 atom stereocenters. The van der Waals surface area contributed by atoms with Gasteiger partial charge in [0.2, 0.25) is 11.8 Å². The van der Waals surface area contributed by atoms with Crippen LogP contribution in [-0.2, 0) is 26.1 Å². The molecule has 12 nitrogen and oxygen atoms in total. The van der Waals surface area contributed by atoms with E-state index in [4.69, 9.17) is 9.47 Å². The van der Waals surface area contributed by atoms with Crippen LogP contribution in [0.5, 0.6) is 0 Å². The Morgan fingerprint density at radius 1 is 1.09 bits per heavy atom.